The van der Waals surface area contributed by atoms with E-state index >= 15 is 0 Å². The third-order valence-corrected chi connectivity index (χ3v) is 3.60. The molecule has 3 rings (SSSR count). The molecule has 1 heterocycles. The minimum atomic E-state index is -4.30. The molecule has 0 N–H and O–H groups in total. The average molecular weight is 277 g/mol. The van der Waals surface area contributed by atoms with Gasteiger partial charge in [0.1, 0.15) is 0 Å². The van der Waals surface area contributed by atoms with Crippen LogP contribution < -0.4 is 4.90 Å². The highest BCUT2D eigenvalue weighted by Gasteiger charge is 2.31. The number of fused-ring (bicyclic) bond motifs is 1. The monoisotopic (exact) mass is 277 g/mol. The largest absolute Gasteiger partial charge is 0.416 e. The molecule has 0 saturated carbocycles. The minimum Gasteiger partial charge on any atom is -0.341 e. The van der Waals surface area contributed by atoms with Crippen molar-refractivity contribution in [3.8, 4) is 0 Å². The Morgan fingerprint density at radius 3 is 2.55 bits per heavy atom. The standard InChI is InChI=1S/C16H14F3N/c17-16(18,19)13-7-3-8-14(11-13)20-10-4-6-12-5-1-2-9-15(12)20/h1-3,5,7-9,11H,4,6,10H2. The Kier molecular flexibility index (Phi) is 3.16. The maximum atomic E-state index is 12.8. The van der Waals surface area contributed by atoms with Crippen LogP contribution in [0.4, 0.5) is 24.5 Å². The van der Waals surface area contributed by atoms with Gasteiger partial charge in [-0.2, -0.15) is 13.2 Å². The Balaban J connectivity index is 2.03. The smallest absolute Gasteiger partial charge is 0.341 e. The highest BCUT2D eigenvalue weighted by Crippen LogP contribution is 2.36. The molecule has 4 heteroatoms. The molecule has 1 aliphatic heterocycles. The zero-order valence-corrected chi connectivity index (χ0v) is 10.8. The van der Waals surface area contributed by atoms with Gasteiger partial charge in [-0.1, -0.05) is 24.3 Å². The summed E-state index contributed by atoms with van der Waals surface area (Å²) in [4.78, 5) is 1.97. The number of hydrogen-bond acceptors (Lipinski definition) is 1. The number of hydrogen-bond donors (Lipinski definition) is 0. The van der Waals surface area contributed by atoms with E-state index in [0.29, 0.717) is 5.69 Å². The zero-order valence-electron chi connectivity index (χ0n) is 10.8. The van der Waals surface area contributed by atoms with Gasteiger partial charge in [-0.25, -0.2) is 0 Å². The van der Waals surface area contributed by atoms with E-state index in [1.807, 2.05) is 29.2 Å². The molecule has 0 spiro atoms. The fourth-order valence-electron chi connectivity index (χ4n) is 2.65. The van der Waals surface area contributed by atoms with E-state index in [4.69, 9.17) is 0 Å². The number of para-hydroxylation sites is 1. The van der Waals surface area contributed by atoms with Gasteiger partial charge in [0, 0.05) is 17.9 Å². The van der Waals surface area contributed by atoms with Crippen LogP contribution in [-0.2, 0) is 12.6 Å². The summed E-state index contributed by atoms with van der Waals surface area (Å²) in [6.45, 7) is 0.748. The van der Waals surface area contributed by atoms with Crippen molar-refractivity contribution in [1.29, 1.82) is 0 Å². The lowest BCUT2D eigenvalue weighted by atomic mass is 10.0. The van der Waals surface area contributed by atoms with Crippen molar-refractivity contribution in [3.63, 3.8) is 0 Å². The van der Waals surface area contributed by atoms with Crippen molar-refractivity contribution in [2.45, 2.75) is 19.0 Å². The molecule has 0 radical (unpaired) electrons. The second-order valence-electron chi connectivity index (χ2n) is 4.93. The van der Waals surface area contributed by atoms with Crippen molar-refractivity contribution in [2.75, 3.05) is 11.4 Å². The molecule has 2 aromatic rings. The Hall–Kier alpha value is -1.97. The van der Waals surface area contributed by atoms with Crippen molar-refractivity contribution < 1.29 is 13.2 Å². The van der Waals surface area contributed by atoms with Crippen LogP contribution in [0.2, 0.25) is 0 Å². The molecule has 1 aliphatic rings. The molecule has 1 nitrogen and oxygen atoms in total. The van der Waals surface area contributed by atoms with Crippen LogP contribution in [0.3, 0.4) is 0 Å². The van der Waals surface area contributed by atoms with E-state index in [2.05, 4.69) is 0 Å². The third-order valence-electron chi connectivity index (χ3n) is 3.60. The molecule has 0 fully saturated rings. The van der Waals surface area contributed by atoms with Gasteiger partial charge < -0.3 is 4.90 Å². The Morgan fingerprint density at radius 1 is 0.950 bits per heavy atom. The molecule has 0 aliphatic carbocycles. The maximum absolute atomic E-state index is 12.8. The molecule has 0 atom stereocenters. The van der Waals surface area contributed by atoms with Gasteiger partial charge in [0.15, 0.2) is 0 Å². The quantitative estimate of drug-likeness (QED) is 0.724. The van der Waals surface area contributed by atoms with E-state index in [9.17, 15) is 13.2 Å². The molecular formula is C16H14F3N. The molecular weight excluding hydrogens is 263 g/mol. The summed E-state index contributed by atoms with van der Waals surface area (Å²) < 4.78 is 38.4. The van der Waals surface area contributed by atoms with Crippen LogP contribution in [0.5, 0.6) is 0 Å². The summed E-state index contributed by atoms with van der Waals surface area (Å²) in [5.74, 6) is 0. The number of nitrogens with zero attached hydrogens (tertiary/aromatic N) is 1. The highest BCUT2D eigenvalue weighted by atomic mass is 19.4. The fraction of sp³-hybridized carbons (Fsp3) is 0.250. The van der Waals surface area contributed by atoms with E-state index < -0.39 is 11.7 Å². The van der Waals surface area contributed by atoms with Gasteiger partial charge in [0.25, 0.3) is 0 Å². The van der Waals surface area contributed by atoms with Crippen molar-refractivity contribution >= 4 is 11.4 Å². The minimum absolute atomic E-state index is 0.599. The molecule has 0 unspecified atom stereocenters. The predicted octanol–water partition coefficient (Wildman–Crippen LogP) is 4.79. The molecule has 0 aromatic heterocycles. The fourth-order valence-corrected chi connectivity index (χ4v) is 2.65. The lowest BCUT2D eigenvalue weighted by Crippen LogP contribution is -2.24. The maximum Gasteiger partial charge on any atom is 0.416 e. The van der Waals surface area contributed by atoms with Crippen LogP contribution in [-0.4, -0.2) is 6.54 Å². The first kappa shape index (κ1) is 13.0. The molecule has 0 bridgehead atoms. The molecule has 0 saturated heterocycles. The second kappa shape index (κ2) is 4.85. The molecule has 2 aromatic carbocycles. The van der Waals surface area contributed by atoms with E-state index in [1.165, 1.54) is 17.7 Å². The highest BCUT2D eigenvalue weighted by molar-refractivity contribution is 5.68. The van der Waals surface area contributed by atoms with Gasteiger partial charge in [-0.15, -0.1) is 0 Å². The molecule has 20 heavy (non-hydrogen) atoms. The van der Waals surface area contributed by atoms with E-state index in [-0.39, 0.29) is 0 Å². The topological polar surface area (TPSA) is 3.24 Å². The summed E-state index contributed by atoms with van der Waals surface area (Å²) in [6, 6.07) is 13.4. The van der Waals surface area contributed by atoms with Crippen LogP contribution in [0.15, 0.2) is 48.5 Å². The van der Waals surface area contributed by atoms with Crippen molar-refractivity contribution in [1.82, 2.24) is 0 Å². The Labute approximate surface area is 115 Å². The number of alkyl halides is 3. The summed E-state index contributed by atoms with van der Waals surface area (Å²) in [5.41, 5.74) is 2.21. The summed E-state index contributed by atoms with van der Waals surface area (Å²) in [6.07, 6.45) is -2.37. The summed E-state index contributed by atoms with van der Waals surface area (Å²) in [7, 11) is 0. The van der Waals surface area contributed by atoms with Crippen LogP contribution in [0, 0.1) is 0 Å². The Morgan fingerprint density at radius 2 is 1.75 bits per heavy atom. The number of halogens is 3. The first-order chi connectivity index (χ1) is 9.55. The number of aryl methyl sites for hydroxylation is 1. The van der Waals surface area contributed by atoms with Gasteiger partial charge in [0.05, 0.1) is 5.56 Å². The van der Waals surface area contributed by atoms with Gasteiger partial charge in [-0.3, -0.25) is 0 Å². The molecule has 0 amide bonds. The number of benzene rings is 2. The number of rotatable bonds is 1. The third kappa shape index (κ3) is 2.38. The van der Waals surface area contributed by atoms with E-state index in [1.54, 1.807) is 6.07 Å². The van der Waals surface area contributed by atoms with Crippen molar-refractivity contribution in [3.05, 3.63) is 59.7 Å². The molecule has 104 valence electrons. The zero-order chi connectivity index (χ0) is 14.2. The average Bonchev–Trinajstić information content (AvgIpc) is 2.46. The SMILES string of the molecule is FC(F)(F)c1cccc(N2CCCc3ccccc32)c1. The summed E-state index contributed by atoms with van der Waals surface area (Å²) >= 11 is 0. The summed E-state index contributed by atoms with van der Waals surface area (Å²) in [5, 5.41) is 0. The van der Waals surface area contributed by atoms with E-state index in [0.717, 1.165) is 31.1 Å². The van der Waals surface area contributed by atoms with Gasteiger partial charge in [0.2, 0.25) is 0 Å². The van der Waals surface area contributed by atoms with Crippen LogP contribution in [0.25, 0.3) is 0 Å². The first-order valence-corrected chi connectivity index (χ1v) is 6.58. The van der Waals surface area contributed by atoms with Crippen molar-refractivity contribution in [2.24, 2.45) is 0 Å². The van der Waals surface area contributed by atoms with Gasteiger partial charge >= 0.3 is 6.18 Å². The lowest BCUT2D eigenvalue weighted by molar-refractivity contribution is -0.137. The predicted molar refractivity (Wildman–Crippen MR) is 73.2 cm³/mol. The second-order valence-corrected chi connectivity index (χ2v) is 4.93. The first-order valence-electron chi connectivity index (χ1n) is 6.58. The van der Waals surface area contributed by atoms with Crippen LogP contribution in [0.1, 0.15) is 17.5 Å². The lowest BCUT2D eigenvalue weighted by Gasteiger charge is -2.31. The Bertz CT molecular complexity index is 619. The normalized spacial score (nSPS) is 15.1. The number of anilines is 2. The van der Waals surface area contributed by atoms with Gasteiger partial charge in [-0.05, 0) is 42.7 Å². The van der Waals surface area contributed by atoms with Crippen LogP contribution >= 0.6 is 0 Å².